The standard InChI is InChI=1S/C14H14N2S/c1-10(15)12-5-7-13(8-6-12)16-11(2)14-4-3-9-17-14/h3-9,15-16H,2H2,1H3. The van der Waals surface area contributed by atoms with Crippen LogP contribution in [0.2, 0.25) is 0 Å². The van der Waals surface area contributed by atoms with E-state index in [0.717, 1.165) is 21.8 Å². The molecule has 0 aliphatic heterocycles. The zero-order valence-electron chi connectivity index (χ0n) is 9.66. The lowest BCUT2D eigenvalue weighted by Gasteiger charge is -2.08. The highest BCUT2D eigenvalue weighted by Crippen LogP contribution is 2.21. The molecule has 0 radical (unpaired) electrons. The van der Waals surface area contributed by atoms with Crippen molar-refractivity contribution in [2.45, 2.75) is 6.92 Å². The summed E-state index contributed by atoms with van der Waals surface area (Å²) < 4.78 is 0. The minimum Gasteiger partial charge on any atom is -0.355 e. The summed E-state index contributed by atoms with van der Waals surface area (Å²) in [5, 5.41) is 12.8. The Morgan fingerprint density at radius 3 is 2.47 bits per heavy atom. The van der Waals surface area contributed by atoms with Gasteiger partial charge in [-0.25, -0.2) is 0 Å². The van der Waals surface area contributed by atoms with Crippen LogP contribution in [-0.2, 0) is 0 Å². The molecule has 1 aromatic carbocycles. The molecule has 0 fully saturated rings. The number of hydrogen-bond acceptors (Lipinski definition) is 3. The van der Waals surface area contributed by atoms with Crippen LogP contribution in [0.1, 0.15) is 17.4 Å². The molecular formula is C14H14N2S. The van der Waals surface area contributed by atoms with E-state index in [-0.39, 0.29) is 0 Å². The van der Waals surface area contributed by atoms with E-state index >= 15 is 0 Å². The number of nitrogens with one attached hydrogen (secondary N) is 2. The Morgan fingerprint density at radius 2 is 1.94 bits per heavy atom. The Kier molecular flexibility index (Phi) is 3.40. The van der Waals surface area contributed by atoms with Crippen molar-refractivity contribution in [3.05, 3.63) is 58.8 Å². The summed E-state index contributed by atoms with van der Waals surface area (Å²) >= 11 is 1.66. The topological polar surface area (TPSA) is 35.9 Å². The fourth-order valence-electron chi connectivity index (χ4n) is 1.49. The van der Waals surface area contributed by atoms with Crippen LogP contribution in [0, 0.1) is 5.41 Å². The average molecular weight is 242 g/mol. The molecule has 2 N–H and O–H groups in total. The highest BCUT2D eigenvalue weighted by molar-refractivity contribution is 7.11. The Bertz CT molecular complexity index is 524. The molecule has 2 rings (SSSR count). The first-order valence-electron chi connectivity index (χ1n) is 5.32. The molecule has 0 bridgehead atoms. The van der Waals surface area contributed by atoms with Crippen LogP contribution in [0.4, 0.5) is 5.69 Å². The fourth-order valence-corrected chi connectivity index (χ4v) is 2.14. The van der Waals surface area contributed by atoms with Gasteiger partial charge in [0, 0.05) is 22.0 Å². The Morgan fingerprint density at radius 1 is 1.24 bits per heavy atom. The van der Waals surface area contributed by atoms with Gasteiger partial charge in [0.2, 0.25) is 0 Å². The SMILES string of the molecule is C=C(Nc1ccc(C(C)=N)cc1)c1cccs1. The second kappa shape index (κ2) is 4.97. The second-order valence-corrected chi connectivity index (χ2v) is 4.73. The van der Waals surface area contributed by atoms with Gasteiger partial charge in [-0.2, -0.15) is 0 Å². The van der Waals surface area contributed by atoms with E-state index in [1.165, 1.54) is 0 Å². The summed E-state index contributed by atoms with van der Waals surface area (Å²) in [6, 6.07) is 11.8. The molecule has 2 aromatic rings. The van der Waals surface area contributed by atoms with Crippen LogP contribution < -0.4 is 5.32 Å². The van der Waals surface area contributed by atoms with Gasteiger partial charge in [-0.1, -0.05) is 24.8 Å². The summed E-state index contributed by atoms with van der Waals surface area (Å²) in [7, 11) is 0. The highest BCUT2D eigenvalue weighted by Gasteiger charge is 2.01. The van der Waals surface area contributed by atoms with Crippen LogP contribution >= 0.6 is 11.3 Å². The predicted octanol–water partition coefficient (Wildman–Crippen LogP) is 4.22. The Labute approximate surface area is 105 Å². The van der Waals surface area contributed by atoms with E-state index < -0.39 is 0 Å². The highest BCUT2D eigenvalue weighted by atomic mass is 32.1. The molecule has 86 valence electrons. The van der Waals surface area contributed by atoms with E-state index in [2.05, 4.69) is 11.9 Å². The number of hydrogen-bond donors (Lipinski definition) is 2. The van der Waals surface area contributed by atoms with Crippen molar-refractivity contribution in [3.8, 4) is 0 Å². The molecule has 17 heavy (non-hydrogen) atoms. The van der Waals surface area contributed by atoms with Gasteiger partial charge in [0.05, 0.1) is 0 Å². The number of anilines is 1. The third kappa shape index (κ3) is 2.82. The molecule has 0 unspecified atom stereocenters. The molecule has 0 aliphatic rings. The molecule has 0 saturated heterocycles. The molecule has 0 aliphatic carbocycles. The van der Waals surface area contributed by atoms with Gasteiger partial charge in [0.15, 0.2) is 0 Å². The summed E-state index contributed by atoms with van der Waals surface area (Å²) in [6.07, 6.45) is 0. The third-order valence-corrected chi connectivity index (χ3v) is 3.36. The Hall–Kier alpha value is -1.87. The van der Waals surface area contributed by atoms with Gasteiger partial charge in [0.1, 0.15) is 0 Å². The van der Waals surface area contributed by atoms with Crippen molar-refractivity contribution in [1.29, 1.82) is 5.41 Å². The van der Waals surface area contributed by atoms with Crippen molar-refractivity contribution in [1.82, 2.24) is 0 Å². The first-order chi connectivity index (χ1) is 8.16. The summed E-state index contributed by atoms with van der Waals surface area (Å²) in [4.78, 5) is 1.14. The predicted molar refractivity (Wildman–Crippen MR) is 75.9 cm³/mol. The minimum absolute atomic E-state index is 0.577. The number of rotatable bonds is 4. The van der Waals surface area contributed by atoms with E-state index in [9.17, 15) is 0 Å². The molecule has 2 nitrogen and oxygen atoms in total. The molecule has 1 heterocycles. The lowest BCUT2D eigenvalue weighted by Crippen LogP contribution is -1.97. The maximum absolute atomic E-state index is 7.52. The monoisotopic (exact) mass is 242 g/mol. The van der Waals surface area contributed by atoms with Gasteiger partial charge < -0.3 is 10.7 Å². The van der Waals surface area contributed by atoms with E-state index in [1.54, 1.807) is 18.3 Å². The van der Waals surface area contributed by atoms with Crippen LogP contribution in [0.3, 0.4) is 0 Å². The third-order valence-electron chi connectivity index (χ3n) is 2.43. The summed E-state index contributed by atoms with van der Waals surface area (Å²) in [5.41, 5.74) is 3.42. The van der Waals surface area contributed by atoms with Crippen molar-refractivity contribution >= 4 is 28.4 Å². The zero-order chi connectivity index (χ0) is 12.3. The number of thiophene rings is 1. The quantitative estimate of drug-likeness (QED) is 0.774. The first-order valence-corrected chi connectivity index (χ1v) is 6.20. The maximum atomic E-state index is 7.52. The second-order valence-electron chi connectivity index (χ2n) is 3.78. The lowest BCUT2D eigenvalue weighted by atomic mass is 10.1. The van der Waals surface area contributed by atoms with E-state index in [1.807, 2.05) is 41.8 Å². The minimum atomic E-state index is 0.577. The largest absolute Gasteiger partial charge is 0.355 e. The van der Waals surface area contributed by atoms with Crippen molar-refractivity contribution in [3.63, 3.8) is 0 Å². The van der Waals surface area contributed by atoms with Crippen molar-refractivity contribution in [2.75, 3.05) is 5.32 Å². The smallest absolute Gasteiger partial charge is 0.0499 e. The first kappa shape index (κ1) is 11.6. The molecule has 1 aromatic heterocycles. The number of benzene rings is 1. The summed E-state index contributed by atoms with van der Waals surface area (Å²) in [5.74, 6) is 0. The molecular weight excluding hydrogens is 228 g/mol. The molecule has 0 saturated carbocycles. The summed E-state index contributed by atoms with van der Waals surface area (Å²) in [6.45, 7) is 5.79. The van der Waals surface area contributed by atoms with E-state index in [0.29, 0.717) is 5.71 Å². The van der Waals surface area contributed by atoms with Crippen LogP contribution in [0.5, 0.6) is 0 Å². The van der Waals surface area contributed by atoms with Gasteiger partial charge in [-0.05, 0) is 36.1 Å². The molecule has 0 spiro atoms. The van der Waals surface area contributed by atoms with Crippen LogP contribution in [-0.4, -0.2) is 5.71 Å². The molecule has 0 atom stereocenters. The zero-order valence-corrected chi connectivity index (χ0v) is 10.5. The lowest BCUT2D eigenvalue weighted by molar-refractivity contribution is 1.45. The maximum Gasteiger partial charge on any atom is 0.0499 e. The van der Waals surface area contributed by atoms with E-state index in [4.69, 9.17) is 5.41 Å². The fraction of sp³-hybridized carbons (Fsp3) is 0.0714. The van der Waals surface area contributed by atoms with Crippen LogP contribution in [0.25, 0.3) is 5.70 Å². The molecule has 0 amide bonds. The Balaban J connectivity index is 2.09. The van der Waals surface area contributed by atoms with Gasteiger partial charge >= 0.3 is 0 Å². The van der Waals surface area contributed by atoms with Gasteiger partial charge in [0.25, 0.3) is 0 Å². The van der Waals surface area contributed by atoms with Gasteiger partial charge in [-0.3, -0.25) is 0 Å². The van der Waals surface area contributed by atoms with Gasteiger partial charge in [-0.15, -0.1) is 11.3 Å². The van der Waals surface area contributed by atoms with Crippen LogP contribution in [0.15, 0.2) is 48.4 Å². The van der Waals surface area contributed by atoms with Crippen molar-refractivity contribution < 1.29 is 0 Å². The van der Waals surface area contributed by atoms with Crippen molar-refractivity contribution in [2.24, 2.45) is 0 Å². The normalized spacial score (nSPS) is 9.94. The molecule has 3 heteroatoms. The average Bonchev–Trinajstić information content (AvgIpc) is 2.83.